The van der Waals surface area contributed by atoms with E-state index < -0.39 is 0 Å². The average Bonchev–Trinajstić information content (AvgIpc) is 2.70. The maximum absolute atomic E-state index is 5.60. The van der Waals surface area contributed by atoms with Gasteiger partial charge in [0.25, 0.3) is 0 Å². The lowest BCUT2D eigenvalue weighted by Gasteiger charge is -2.04. The Balaban J connectivity index is 2.20. The number of nitrogen functional groups attached to an aromatic ring is 1. The second-order valence-corrected chi connectivity index (χ2v) is 3.88. The third kappa shape index (κ3) is 2.60. The number of aromatic nitrogens is 5. The number of hydrogen-bond acceptors (Lipinski definition) is 7. The van der Waals surface area contributed by atoms with Crippen molar-refractivity contribution < 1.29 is 0 Å². The van der Waals surface area contributed by atoms with Gasteiger partial charge < -0.3 is 11.1 Å². The molecule has 16 heavy (non-hydrogen) atoms. The van der Waals surface area contributed by atoms with Crippen molar-refractivity contribution in [2.24, 2.45) is 0 Å². The van der Waals surface area contributed by atoms with E-state index in [2.05, 4.69) is 30.5 Å². The Kier molecular flexibility index (Phi) is 3.20. The number of nitrogens with zero attached hydrogens (tertiary/aromatic N) is 4. The van der Waals surface area contributed by atoms with Gasteiger partial charge in [-0.3, -0.25) is 5.10 Å². The Bertz CT molecular complexity index is 455. The van der Waals surface area contributed by atoms with Crippen LogP contribution in [-0.4, -0.2) is 31.7 Å². The van der Waals surface area contributed by atoms with Crippen LogP contribution in [0.3, 0.4) is 0 Å². The van der Waals surface area contributed by atoms with E-state index in [1.807, 2.05) is 13.0 Å². The molecule has 8 heteroatoms. The molecule has 0 aliphatic heterocycles. The van der Waals surface area contributed by atoms with Crippen LogP contribution in [0.1, 0.15) is 6.92 Å². The van der Waals surface area contributed by atoms with E-state index >= 15 is 0 Å². The minimum atomic E-state index is 0.237. The van der Waals surface area contributed by atoms with Crippen LogP contribution < -0.4 is 11.1 Å². The molecule has 2 aromatic rings. The van der Waals surface area contributed by atoms with Crippen LogP contribution in [0.2, 0.25) is 0 Å². The molecule has 0 spiro atoms. The van der Waals surface area contributed by atoms with Crippen molar-refractivity contribution in [1.82, 2.24) is 25.1 Å². The summed E-state index contributed by atoms with van der Waals surface area (Å²) < 4.78 is 0. The molecule has 0 bridgehead atoms. The maximum Gasteiger partial charge on any atom is 0.223 e. The first-order chi connectivity index (χ1) is 7.78. The molecule has 0 fully saturated rings. The fourth-order valence-corrected chi connectivity index (χ4v) is 1.82. The number of nitrogens with two attached hydrogens (primary N) is 1. The van der Waals surface area contributed by atoms with Crippen molar-refractivity contribution in [1.29, 1.82) is 0 Å². The molecular weight excluding hydrogens is 226 g/mol. The van der Waals surface area contributed by atoms with Gasteiger partial charge in [0.1, 0.15) is 17.2 Å². The quantitative estimate of drug-likeness (QED) is 0.674. The summed E-state index contributed by atoms with van der Waals surface area (Å²) in [4.78, 5) is 12.1. The topological polar surface area (TPSA) is 105 Å². The van der Waals surface area contributed by atoms with Gasteiger partial charge in [-0.2, -0.15) is 10.1 Å². The molecule has 0 saturated carbocycles. The van der Waals surface area contributed by atoms with Crippen molar-refractivity contribution in [3.05, 3.63) is 12.4 Å². The normalized spacial score (nSPS) is 10.3. The number of nitrogens with one attached hydrogen (secondary N) is 2. The Morgan fingerprint density at radius 2 is 2.38 bits per heavy atom. The molecule has 0 saturated heterocycles. The summed E-state index contributed by atoms with van der Waals surface area (Å²) >= 11 is 1.35. The number of hydrogen-bond donors (Lipinski definition) is 3. The van der Waals surface area contributed by atoms with Gasteiger partial charge in [-0.15, -0.1) is 0 Å². The number of rotatable bonds is 4. The minimum Gasteiger partial charge on any atom is -0.370 e. The summed E-state index contributed by atoms with van der Waals surface area (Å²) in [6.07, 6.45) is 1.44. The molecule has 2 heterocycles. The third-order valence-electron chi connectivity index (χ3n) is 1.67. The molecule has 4 N–H and O–H groups in total. The smallest absolute Gasteiger partial charge is 0.223 e. The maximum atomic E-state index is 5.60. The largest absolute Gasteiger partial charge is 0.370 e. The van der Waals surface area contributed by atoms with Crippen molar-refractivity contribution >= 4 is 23.5 Å². The first kappa shape index (κ1) is 10.7. The van der Waals surface area contributed by atoms with Crippen LogP contribution >= 0.6 is 11.8 Å². The van der Waals surface area contributed by atoms with Gasteiger partial charge in [-0.05, 0) is 18.7 Å². The zero-order chi connectivity index (χ0) is 11.4. The van der Waals surface area contributed by atoms with Gasteiger partial charge in [0.2, 0.25) is 5.95 Å². The second-order valence-electron chi connectivity index (χ2n) is 2.87. The number of aromatic amines is 1. The first-order valence-corrected chi connectivity index (χ1v) is 5.51. The number of anilines is 2. The Labute approximate surface area is 96.3 Å². The molecule has 0 amide bonds. The van der Waals surface area contributed by atoms with Gasteiger partial charge in [0, 0.05) is 12.6 Å². The lowest BCUT2D eigenvalue weighted by molar-refractivity contribution is 0.964. The highest BCUT2D eigenvalue weighted by atomic mass is 32.2. The van der Waals surface area contributed by atoms with Crippen molar-refractivity contribution in [2.45, 2.75) is 17.1 Å². The average molecular weight is 237 g/mol. The fourth-order valence-electron chi connectivity index (χ4n) is 1.11. The third-order valence-corrected chi connectivity index (χ3v) is 2.48. The highest BCUT2D eigenvalue weighted by Crippen LogP contribution is 2.24. The molecule has 0 aliphatic carbocycles. The highest BCUT2D eigenvalue weighted by molar-refractivity contribution is 7.99. The zero-order valence-corrected chi connectivity index (χ0v) is 9.45. The Morgan fingerprint density at radius 1 is 1.50 bits per heavy atom. The monoisotopic (exact) mass is 237 g/mol. The minimum absolute atomic E-state index is 0.237. The van der Waals surface area contributed by atoms with Crippen LogP contribution in [-0.2, 0) is 0 Å². The zero-order valence-electron chi connectivity index (χ0n) is 8.64. The van der Waals surface area contributed by atoms with Gasteiger partial charge >= 0.3 is 0 Å². The van der Waals surface area contributed by atoms with E-state index in [1.54, 1.807) is 0 Å². The van der Waals surface area contributed by atoms with E-state index in [4.69, 9.17) is 5.73 Å². The first-order valence-electron chi connectivity index (χ1n) is 4.69. The van der Waals surface area contributed by atoms with Crippen LogP contribution in [0.4, 0.5) is 11.8 Å². The van der Waals surface area contributed by atoms with Gasteiger partial charge in [-0.25, -0.2) is 9.97 Å². The summed E-state index contributed by atoms with van der Waals surface area (Å²) in [5.41, 5.74) is 5.60. The van der Waals surface area contributed by atoms with Crippen molar-refractivity contribution in [3.63, 3.8) is 0 Å². The van der Waals surface area contributed by atoms with Crippen LogP contribution in [0.5, 0.6) is 0 Å². The standard InChI is InChI=1S/C8H11N7S/c1-2-10-5-3-6(14-7(9)13-5)16-8-11-4-12-15-8/h3-4H,2H2,1H3,(H,11,12,15)(H3,9,10,13,14). The molecule has 0 radical (unpaired) electrons. The molecule has 84 valence electrons. The van der Waals surface area contributed by atoms with Crippen molar-refractivity contribution in [3.8, 4) is 0 Å². The van der Waals surface area contributed by atoms with Crippen molar-refractivity contribution in [2.75, 3.05) is 17.6 Å². The lowest BCUT2D eigenvalue weighted by Crippen LogP contribution is -2.03. The molecule has 0 atom stereocenters. The molecule has 0 aliphatic rings. The number of H-pyrrole nitrogens is 1. The van der Waals surface area contributed by atoms with Gasteiger partial charge in [0.15, 0.2) is 5.16 Å². The summed E-state index contributed by atoms with van der Waals surface area (Å²) in [5.74, 6) is 0.942. The fraction of sp³-hybridized carbons (Fsp3) is 0.250. The Hall–Kier alpha value is -1.83. The van der Waals surface area contributed by atoms with Crippen LogP contribution in [0.15, 0.2) is 22.6 Å². The summed E-state index contributed by atoms with van der Waals surface area (Å²) in [6.45, 7) is 2.77. The lowest BCUT2D eigenvalue weighted by atomic mass is 10.5. The van der Waals surface area contributed by atoms with E-state index in [9.17, 15) is 0 Å². The predicted octanol–water partition coefficient (Wildman–Crippen LogP) is 0.760. The molecular formula is C8H11N7S. The molecule has 2 aromatic heterocycles. The summed E-state index contributed by atoms with van der Waals surface area (Å²) in [5, 5.41) is 11.0. The SMILES string of the molecule is CCNc1cc(Sc2ncn[nH]2)nc(N)n1. The van der Waals surface area contributed by atoms with E-state index in [-0.39, 0.29) is 5.95 Å². The van der Waals surface area contributed by atoms with Gasteiger partial charge in [0.05, 0.1) is 0 Å². The summed E-state index contributed by atoms with van der Waals surface area (Å²) in [7, 11) is 0. The van der Waals surface area contributed by atoms with Crippen LogP contribution in [0.25, 0.3) is 0 Å². The second kappa shape index (κ2) is 4.79. The molecule has 7 nitrogen and oxygen atoms in total. The van der Waals surface area contributed by atoms with E-state index in [0.29, 0.717) is 11.0 Å². The van der Waals surface area contributed by atoms with E-state index in [0.717, 1.165) is 11.6 Å². The van der Waals surface area contributed by atoms with Crippen LogP contribution in [0, 0.1) is 0 Å². The summed E-state index contributed by atoms with van der Waals surface area (Å²) in [6, 6.07) is 1.81. The Morgan fingerprint density at radius 3 is 3.06 bits per heavy atom. The predicted molar refractivity (Wildman–Crippen MR) is 61.1 cm³/mol. The molecule has 0 aromatic carbocycles. The van der Waals surface area contributed by atoms with E-state index in [1.165, 1.54) is 18.1 Å². The highest BCUT2D eigenvalue weighted by Gasteiger charge is 2.05. The molecule has 2 rings (SSSR count). The van der Waals surface area contributed by atoms with Gasteiger partial charge in [-0.1, -0.05) is 0 Å². The molecule has 0 unspecified atom stereocenters.